The smallest absolute Gasteiger partial charge is 0.387 e. The van der Waals surface area contributed by atoms with E-state index < -0.39 is 6.61 Å². The van der Waals surface area contributed by atoms with Crippen molar-refractivity contribution >= 4 is 34.4 Å². The number of aromatic nitrogens is 3. The SMILES string of the molecule is COc1cc(/C=N/n2c(-c3ccc(OC(F)F)cc3)n[nH]c2=S)cc(Br)c1O. The lowest BCUT2D eigenvalue weighted by molar-refractivity contribution is -0.0498. The highest BCUT2D eigenvalue weighted by Crippen LogP contribution is 2.34. The number of halogens is 3. The number of H-pyrrole nitrogens is 1. The molecule has 0 fully saturated rings. The number of hydrogen-bond acceptors (Lipinski definition) is 6. The Morgan fingerprint density at radius 3 is 2.68 bits per heavy atom. The van der Waals surface area contributed by atoms with E-state index in [2.05, 4.69) is 36.0 Å². The molecule has 28 heavy (non-hydrogen) atoms. The second kappa shape index (κ2) is 8.48. The number of phenolic OH excluding ortho intramolecular Hbond substituents is 1. The van der Waals surface area contributed by atoms with Crippen molar-refractivity contribution in [2.75, 3.05) is 7.11 Å². The minimum atomic E-state index is -2.90. The third-order valence-electron chi connectivity index (χ3n) is 3.58. The molecule has 0 amide bonds. The summed E-state index contributed by atoms with van der Waals surface area (Å²) in [4.78, 5) is 0. The molecule has 0 unspecified atom stereocenters. The zero-order valence-electron chi connectivity index (χ0n) is 14.3. The topological polar surface area (TPSA) is 84.7 Å². The van der Waals surface area contributed by atoms with Crippen LogP contribution in [-0.2, 0) is 0 Å². The van der Waals surface area contributed by atoms with Crippen molar-refractivity contribution in [1.82, 2.24) is 14.9 Å². The molecule has 2 N–H and O–H groups in total. The monoisotopic (exact) mass is 470 g/mol. The van der Waals surface area contributed by atoms with Gasteiger partial charge in [0.1, 0.15) is 5.75 Å². The fraction of sp³-hybridized carbons (Fsp3) is 0.118. The second-order valence-corrected chi connectivity index (χ2v) is 6.61. The van der Waals surface area contributed by atoms with Crippen molar-refractivity contribution in [3.63, 3.8) is 0 Å². The van der Waals surface area contributed by atoms with Crippen molar-refractivity contribution in [2.45, 2.75) is 6.61 Å². The third kappa shape index (κ3) is 4.37. The minimum Gasteiger partial charge on any atom is -0.503 e. The number of hydrogen-bond donors (Lipinski definition) is 2. The molecule has 11 heteroatoms. The van der Waals surface area contributed by atoms with Gasteiger partial charge in [0.25, 0.3) is 0 Å². The lowest BCUT2D eigenvalue weighted by Gasteiger charge is -2.07. The van der Waals surface area contributed by atoms with Crippen LogP contribution in [0.15, 0.2) is 46.0 Å². The van der Waals surface area contributed by atoms with Crippen LogP contribution in [0.5, 0.6) is 17.2 Å². The number of aromatic amines is 1. The third-order valence-corrected chi connectivity index (χ3v) is 4.45. The number of nitrogens with zero attached hydrogens (tertiary/aromatic N) is 3. The van der Waals surface area contributed by atoms with E-state index in [1.165, 1.54) is 30.1 Å². The Kier molecular flexibility index (Phi) is 6.05. The first-order valence-electron chi connectivity index (χ1n) is 7.72. The van der Waals surface area contributed by atoms with Crippen LogP contribution < -0.4 is 9.47 Å². The molecule has 0 atom stereocenters. The molecular weight excluding hydrogens is 458 g/mol. The molecule has 0 saturated carbocycles. The zero-order chi connectivity index (χ0) is 20.3. The van der Waals surface area contributed by atoms with Crippen LogP contribution in [0.25, 0.3) is 11.4 Å². The van der Waals surface area contributed by atoms with Gasteiger partial charge in [-0.25, -0.2) is 5.10 Å². The van der Waals surface area contributed by atoms with Gasteiger partial charge in [0.2, 0.25) is 4.77 Å². The van der Waals surface area contributed by atoms with E-state index in [9.17, 15) is 13.9 Å². The maximum atomic E-state index is 12.3. The van der Waals surface area contributed by atoms with Gasteiger partial charge in [0, 0.05) is 5.56 Å². The second-order valence-electron chi connectivity index (χ2n) is 5.37. The lowest BCUT2D eigenvalue weighted by atomic mass is 10.2. The Hall–Kier alpha value is -2.79. The zero-order valence-corrected chi connectivity index (χ0v) is 16.7. The van der Waals surface area contributed by atoms with E-state index in [4.69, 9.17) is 17.0 Å². The molecule has 3 rings (SSSR count). The predicted molar refractivity (Wildman–Crippen MR) is 105 cm³/mol. The maximum absolute atomic E-state index is 12.3. The van der Waals surface area contributed by atoms with Crippen molar-refractivity contribution in [1.29, 1.82) is 0 Å². The summed E-state index contributed by atoms with van der Waals surface area (Å²) in [5.74, 6) is 0.673. The Morgan fingerprint density at radius 1 is 1.32 bits per heavy atom. The number of alkyl halides is 2. The molecule has 1 heterocycles. The van der Waals surface area contributed by atoms with Crippen LogP contribution in [0.1, 0.15) is 5.56 Å². The van der Waals surface area contributed by atoms with Gasteiger partial charge in [-0.3, -0.25) is 0 Å². The first kappa shape index (κ1) is 20.0. The van der Waals surface area contributed by atoms with Crippen LogP contribution in [-0.4, -0.2) is 39.9 Å². The van der Waals surface area contributed by atoms with Gasteiger partial charge in [-0.1, -0.05) is 0 Å². The highest BCUT2D eigenvalue weighted by Gasteiger charge is 2.11. The molecule has 0 saturated heterocycles. The van der Waals surface area contributed by atoms with Crippen molar-refractivity contribution in [2.24, 2.45) is 5.10 Å². The standard InChI is InChI=1S/C17H13BrF2N4O3S/c1-26-13-7-9(6-12(18)14(13)25)8-21-24-15(22-23-17(24)28)10-2-4-11(5-3-10)27-16(19)20/h2-8,16,25H,1H3,(H,23,28)/b21-8+. The fourth-order valence-electron chi connectivity index (χ4n) is 2.32. The number of aromatic hydroxyl groups is 1. The molecule has 7 nitrogen and oxygen atoms in total. The van der Waals surface area contributed by atoms with Gasteiger partial charge < -0.3 is 14.6 Å². The van der Waals surface area contributed by atoms with Crippen LogP contribution >= 0.6 is 28.1 Å². The van der Waals surface area contributed by atoms with Crippen molar-refractivity contribution in [3.8, 4) is 28.6 Å². The summed E-state index contributed by atoms with van der Waals surface area (Å²) in [6.45, 7) is -2.90. The molecular formula is C17H13BrF2N4O3S. The van der Waals surface area contributed by atoms with Crippen LogP contribution in [0.3, 0.4) is 0 Å². The van der Waals surface area contributed by atoms with Gasteiger partial charge in [0.05, 0.1) is 17.8 Å². The van der Waals surface area contributed by atoms with Crippen molar-refractivity contribution in [3.05, 3.63) is 51.2 Å². The Bertz CT molecular complexity index is 1070. The molecule has 0 aliphatic carbocycles. The molecule has 0 spiro atoms. The summed E-state index contributed by atoms with van der Waals surface area (Å²) in [5.41, 5.74) is 1.23. The highest BCUT2D eigenvalue weighted by molar-refractivity contribution is 9.10. The van der Waals surface area contributed by atoms with E-state index in [0.29, 0.717) is 21.4 Å². The molecule has 0 aliphatic heterocycles. The van der Waals surface area contributed by atoms with E-state index in [1.54, 1.807) is 24.3 Å². The van der Waals surface area contributed by atoms with Crippen LogP contribution in [0.4, 0.5) is 8.78 Å². The van der Waals surface area contributed by atoms with E-state index in [-0.39, 0.29) is 22.0 Å². The normalized spacial score (nSPS) is 11.3. The average molecular weight is 471 g/mol. The van der Waals surface area contributed by atoms with E-state index in [1.807, 2.05) is 0 Å². The van der Waals surface area contributed by atoms with Gasteiger partial charge in [-0.05, 0) is 70.1 Å². The summed E-state index contributed by atoms with van der Waals surface area (Å²) < 4.78 is 36.1. The molecule has 2 aromatic carbocycles. The van der Waals surface area contributed by atoms with Gasteiger partial charge in [0.15, 0.2) is 17.3 Å². The number of ether oxygens (including phenoxy) is 2. The highest BCUT2D eigenvalue weighted by atomic mass is 79.9. The summed E-state index contributed by atoms with van der Waals surface area (Å²) in [6, 6.07) is 9.18. The number of phenols is 1. The number of rotatable bonds is 6. The first-order valence-corrected chi connectivity index (χ1v) is 8.92. The molecule has 146 valence electrons. The van der Waals surface area contributed by atoms with Crippen LogP contribution in [0.2, 0.25) is 0 Å². The van der Waals surface area contributed by atoms with Gasteiger partial charge in [-0.15, -0.1) is 0 Å². The van der Waals surface area contributed by atoms with Crippen molar-refractivity contribution < 1.29 is 23.4 Å². The summed E-state index contributed by atoms with van der Waals surface area (Å²) in [7, 11) is 1.44. The predicted octanol–water partition coefficient (Wildman–Crippen LogP) is 4.57. The van der Waals surface area contributed by atoms with E-state index in [0.717, 1.165) is 0 Å². The quantitative estimate of drug-likeness (QED) is 0.407. The minimum absolute atomic E-state index is 0.0219. The summed E-state index contributed by atoms with van der Waals surface area (Å²) >= 11 is 8.44. The number of nitrogens with one attached hydrogen (secondary N) is 1. The van der Waals surface area contributed by atoms with Gasteiger partial charge in [-0.2, -0.15) is 23.7 Å². The maximum Gasteiger partial charge on any atom is 0.387 e. The Labute approximate surface area is 171 Å². The lowest BCUT2D eigenvalue weighted by Crippen LogP contribution is -2.01. The van der Waals surface area contributed by atoms with Crippen LogP contribution in [0, 0.1) is 4.77 Å². The summed E-state index contributed by atoms with van der Waals surface area (Å²) in [6.07, 6.45) is 1.51. The first-order chi connectivity index (χ1) is 13.4. The van der Waals surface area contributed by atoms with E-state index >= 15 is 0 Å². The summed E-state index contributed by atoms with van der Waals surface area (Å²) in [5, 5.41) is 21.0. The Balaban J connectivity index is 1.93. The molecule has 1 aromatic heterocycles. The Morgan fingerprint density at radius 2 is 2.04 bits per heavy atom. The molecule has 0 radical (unpaired) electrons. The average Bonchev–Trinajstić information content (AvgIpc) is 3.03. The largest absolute Gasteiger partial charge is 0.503 e. The number of benzene rings is 2. The van der Waals surface area contributed by atoms with Gasteiger partial charge >= 0.3 is 6.61 Å². The molecule has 0 aliphatic rings. The fourth-order valence-corrected chi connectivity index (χ4v) is 2.96. The number of methoxy groups -OCH3 is 1. The molecule has 0 bridgehead atoms. The molecule has 3 aromatic rings.